The van der Waals surface area contributed by atoms with Crippen molar-refractivity contribution in [3.05, 3.63) is 35.1 Å². The molecule has 2 amide bonds. The maximum Gasteiger partial charge on any atom is 0.253 e. The van der Waals surface area contributed by atoms with Gasteiger partial charge in [0.2, 0.25) is 5.91 Å². The van der Waals surface area contributed by atoms with Crippen LogP contribution in [-0.4, -0.2) is 47.8 Å². The zero-order valence-corrected chi connectivity index (χ0v) is 15.0. The Morgan fingerprint density at radius 3 is 2.36 bits per heavy atom. The van der Waals surface area contributed by atoms with Crippen LogP contribution in [0.2, 0.25) is 0 Å². The summed E-state index contributed by atoms with van der Waals surface area (Å²) in [7, 11) is 0. The minimum atomic E-state index is -0.295. The summed E-state index contributed by atoms with van der Waals surface area (Å²) >= 11 is 0. The molecule has 0 unspecified atom stereocenters. The van der Waals surface area contributed by atoms with E-state index < -0.39 is 0 Å². The van der Waals surface area contributed by atoms with Gasteiger partial charge in [-0.3, -0.25) is 9.59 Å². The van der Waals surface area contributed by atoms with E-state index in [0.717, 1.165) is 38.6 Å². The Bertz CT molecular complexity index is 641. The SMILES string of the molecule is Cc1cc(C(=O)N2CCCN(C(=O)C3CCCCC3)CC2)ccc1F. The Kier molecular flexibility index (Phi) is 5.71. The first-order valence-electron chi connectivity index (χ1n) is 9.40. The normalized spacial score (nSPS) is 19.6. The second-order valence-electron chi connectivity index (χ2n) is 7.27. The zero-order chi connectivity index (χ0) is 17.8. The van der Waals surface area contributed by atoms with E-state index >= 15 is 0 Å². The Morgan fingerprint density at radius 1 is 0.960 bits per heavy atom. The molecule has 4 nitrogen and oxygen atoms in total. The lowest BCUT2D eigenvalue weighted by Gasteiger charge is -2.28. The molecule has 1 saturated carbocycles. The molecular formula is C20H27FN2O2. The van der Waals surface area contributed by atoms with E-state index in [-0.39, 0.29) is 23.5 Å². The van der Waals surface area contributed by atoms with Gasteiger partial charge >= 0.3 is 0 Å². The van der Waals surface area contributed by atoms with Crippen molar-refractivity contribution >= 4 is 11.8 Å². The van der Waals surface area contributed by atoms with Crippen molar-refractivity contribution in [2.75, 3.05) is 26.2 Å². The molecule has 3 rings (SSSR count). The first kappa shape index (κ1) is 17.9. The summed E-state index contributed by atoms with van der Waals surface area (Å²) < 4.78 is 13.4. The van der Waals surface area contributed by atoms with Crippen LogP contribution in [0.4, 0.5) is 4.39 Å². The third-order valence-corrected chi connectivity index (χ3v) is 5.45. The number of amides is 2. The molecule has 2 fully saturated rings. The highest BCUT2D eigenvalue weighted by Gasteiger charge is 2.28. The van der Waals surface area contributed by atoms with Gasteiger partial charge in [0, 0.05) is 37.7 Å². The minimum Gasteiger partial charge on any atom is -0.341 e. The molecule has 0 bridgehead atoms. The summed E-state index contributed by atoms with van der Waals surface area (Å²) in [6, 6.07) is 4.49. The van der Waals surface area contributed by atoms with Gasteiger partial charge in [0.05, 0.1) is 0 Å². The number of carbonyl (C=O) groups is 2. The lowest BCUT2D eigenvalue weighted by Crippen LogP contribution is -2.40. The number of hydrogen-bond acceptors (Lipinski definition) is 2. The highest BCUT2D eigenvalue weighted by molar-refractivity contribution is 5.94. The average molecular weight is 346 g/mol. The summed E-state index contributed by atoms with van der Waals surface area (Å²) in [5.74, 6) is 0.0779. The van der Waals surface area contributed by atoms with E-state index in [2.05, 4.69) is 0 Å². The number of aryl methyl sites for hydroxylation is 1. The molecule has 1 aromatic rings. The third-order valence-electron chi connectivity index (χ3n) is 5.45. The van der Waals surface area contributed by atoms with Crippen molar-refractivity contribution in [1.82, 2.24) is 9.80 Å². The molecule has 1 saturated heterocycles. The maximum absolute atomic E-state index is 13.4. The zero-order valence-electron chi connectivity index (χ0n) is 15.0. The predicted molar refractivity (Wildman–Crippen MR) is 94.8 cm³/mol. The fourth-order valence-electron chi connectivity index (χ4n) is 3.91. The van der Waals surface area contributed by atoms with Crippen molar-refractivity contribution in [2.24, 2.45) is 5.92 Å². The molecule has 0 atom stereocenters. The summed E-state index contributed by atoms with van der Waals surface area (Å²) in [4.78, 5) is 29.1. The number of benzene rings is 1. The van der Waals surface area contributed by atoms with Gasteiger partial charge in [-0.25, -0.2) is 4.39 Å². The van der Waals surface area contributed by atoms with Crippen LogP contribution < -0.4 is 0 Å². The van der Waals surface area contributed by atoms with E-state index in [0.29, 0.717) is 30.8 Å². The Hall–Kier alpha value is -1.91. The molecule has 0 aromatic heterocycles. The monoisotopic (exact) mass is 346 g/mol. The second-order valence-corrected chi connectivity index (χ2v) is 7.27. The fourth-order valence-corrected chi connectivity index (χ4v) is 3.91. The Balaban J connectivity index is 1.61. The molecule has 25 heavy (non-hydrogen) atoms. The lowest BCUT2D eigenvalue weighted by atomic mass is 9.88. The maximum atomic E-state index is 13.4. The predicted octanol–water partition coefficient (Wildman–Crippen LogP) is 3.39. The van der Waals surface area contributed by atoms with Crippen molar-refractivity contribution in [2.45, 2.75) is 45.4 Å². The van der Waals surface area contributed by atoms with E-state index in [1.807, 2.05) is 4.90 Å². The van der Waals surface area contributed by atoms with Gasteiger partial charge < -0.3 is 9.80 Å². The Morgan fingerprint density at radius 2 is 1.64 bits per heavy atom. The van der Waals surface area contributed by atoms with Crippen LogP contribution in [0.1, 0.15) is 54.4 Å². The van der Waals surface area contributed by atoms with Gasteiger partial charge in [0.15, 0.2) is 0 Å². The average Bonchev–Trinajstić information content (AvgIpc) is 2.89. The lowest BCUT2D eigenvalue weighted by molar-refractivity contribution is -0.136. The van der Waals surface area contributed by atoms with Gasteiger partial charge in [-0.05, 0) is 49.9 Å². The summed E-state index contributed by atoms with van der Waals surface area (Å²) in [5, 5.41) is 0. The van der Waals surface area contributed by atoms with Gasteiger partial charge in [-0.1, -0.05) is 19.3 Å². The Labute approximate surface area is 149 Å². The summed E-state index contributed by atoms with van der Waals surface area (Å²) in [6.45, 7) is 4.18. The molecule has 2 aliphatic rings. The van der Waals surface area contributed by atoms with Crippen LogP contribution in [0.15, 0.2) is 18.2 Å². The van der Waals surface area contributed by atoms with Crippen LogP contribution in [0, 0.1) is 18.7 Å². The number of rotatable bonds is 2. The quantitative estimate of drug-likeness (QED) is 0.824. The summed E-state index contributed by atoms with van der Waals surface area (Å²) in [6.07, 6.45) is 6.35. The van der Waals surface area contributed by atoms with E-state index in [1.165, 1.54) is 12.5 Å². The highest BCUT2D eigenvalue weighted by atomic mass is 19.1. The molecule has 1 aliphatic carbocycles. The van der Waals surface area contributed by atoms with Crippen molar-refractivity contribution in [1.29, 1.82) is 0 Å². The number of hydrogen-bond donors (Lipinski definition) is 0. The van der Waals surface area contributed by atoms with Gasteiger partial charge in [-0.15, -0.1) is 0 Å². The minimum absolute atomic E-state index is 0.0740. The molecule has 0 N–H and O–H groups in total. The van der Waals surface area contributed by atoms with Crippen molar-refractivity contribution < 1.29 is 14.0 Å². The van der Waals surface area contributed by atoms with Crippen molar-refractivity contribution in [3.8, 4) is 0 Å². The molecule has 5 heteroatoms. The van der Waals surface area contributed by atoms with Gasteiger partial charge in [0.25, 0.3) is 5.91 Å². The van der Waals surface area contributed by atoms with Crippen LogP contribution in [0.3, 0.4) is 0 Å². The van der Waals surface area contributed by atoms with Crippen LogP contribution in [0.25, 0.3) is 0 Å². The largest absolute Gasteiger partial charge is 0.341 e. The molecule has 1 heterocycles. The number of halogens is 1. The first-order valence-corrected chi connectivity index (χ1v) is 9.40. The van der Waals surface area contributed by atoms with Crippen LogP contribution in [0.5, 0.6) is 0 Å². The molecule has 136 valence electrons. The molecular weight excluding hydrogens is 319 g/mol. The van der Waals surface area contributed by atoms with Gasteiger partial charge in [-0.2, -0.15) is 0 Å². The summed E-state index contributed by atoms with van der Waals surface area (Å²) in [5.41, 5.74) is 1.00. The van der Waals surface area contributed by atoms with E-state index in [4.69, 9.17) is 0 Å². The smallest absolute Gasteiger partial charge is 0.253 e. The number of nitrogens with zero attached hydrogens (tertiary/aromatic N) is 2. The molecule has 0 spiro atoms. The first-order chi connectivity index (χ1) is 12.1. The molecule has 0 radical (unpaired) electrons. The number of carbonyl (C=O) groups excluding carboxylic acids is 2. The van der Waals surface area contributed by atoms with E-state index in [9.17, 15) is 14.0 Å². The molecule has 1 aromatic carbocycles. The second kappa shape index (κ2) is 7.98. The molecule has 1 aliphatic heterocycles. The van der Waals surface area contributed by atoms with Crippen LogP contribution in [-0.2, 0) is 4.79 Å². The van der Waals surface area contributed by atoms with Gasteiger partial charge in [0.1, 0.15) is 5.82 Å². The fraction of sp³-hybridized carbons (Fsp3) is 0.600. The highest BCUT2D eigenvalue weighted by Crippen LogP contribution is 2.26. The standard InChI is InChI=1S/C20H27FN2O2/c1-15-14-17(8-9-18(15)21)20(25)23-11-5-10-22(12-13-23)19(24)16-6-3-2-4-7-16/h8-9,14,16H,2-7,10-13H2,1H3. The van der Waals surface area contributed by atoms with E-state index in [1.54, 1.807) is 24.0 Å². The van der Waals surface area contributed by atoms with Crippen LogP contribution >= 0.6 is 0 Å². The topological polar surface area (TPSA) is 40.6 Å². The van der Waals surface area contributed by atoms with Crippen molar-refractivity contribution in [3.63, 3.8) is 0 Å². The third kappa shape index (κ3) is 4.20.